The van der Waals surface area contributed by atoms with Crippen molar-refractivity contribution in [3.63, 3.8) is 0 Å². The van der Waals surface area contributed by atoms with E-state index in [1.165, 1.54) is 6.42 Å². The summed E-state index contributed by atoms with van der Waals surface area (Å²) >= 11 is 0. The van der Waals surface area contributed by atoms with Gasteiger partial charge in [0.1, 0.15) is 5.69 Å². The maximum absolute atomic E-state index is 12.9. The van der Waals surface area contributed by atoms with E-state index >= 15 is 0 Å². The predicted octanol–water partition coefficient (Wildman–Crippen LogP) is 1.85. The lowest BCUT2D eigenvalue weighted by Crippen LogP contribution is -2.43. The highest BCUT2D eigenvalue weighted by Gasteiger charge is 2.29. The third-order valence-corrected chi connectivity index (χ3v) is 4.49. The average Bonchev–Trinajstić information content (AvgIpc) is 2.46. The molecular weight excluding hydrogens is 266 g/mol. The normalized spacial score (nSPS) is 25.1. The van der Waals surface area contributed by atoms with Gasteiger partial charge in [-0.15, -0.1) is 0 Å². The lowest BCUT2D eigenvalue weighted by molar-refractivity contribution is 0.0621. The Kier molecular flexibility index (Phi) is 3.74. The Bertz CT molecular complexity index is 598. The van der Waals surface area contributed by atoms with Crippen LogP contribution in [-0.2, 0) is 6.42 Å². The van der Waals surface area contributed by atoms with Crippen molar-refractivity contribution in [1.82, 2.24) is 9.88 Å². The molecule has 3 rings (SSSR count). The summed E-state index contributed by atoms with van der Waals surface area (Å²) in [7, 11) is 0. The molecule has 21 heavy (non-hydrogen) atoms. The SMILES string of the molecule is CC1CC(C)CN(C(=O)c2c[nH]c(=O)c3c2CCCN3)C1. The summed E-state index contributed by atoms with van der Waals surface area (Å²) in [5, 5.41) is 3.13. The number of nitrogens with one attached hydrogen (secondary N) is 2. The van der Waals surface area contributed by atoms with E-state index in [2.05, 4.69) is 24.1 Å². The van der Waals surface area contributed by atoms with Crippen LogP contribution in [0.15, 0.2) is 11.0 Å². The van der Waals surface area contributed by atoms with E-state index in [4.69, 9.17) is 0 Å². The Balaban J connectivity index is 1.93. The van der Waals surface area contributed by atoms with Gasteiger partial charge in [0.25, 0.3) is 11.5 Å². The van der Waals surface area contributed by atoms with Crippen molar-refractivity contribution >= 4 is 11.6 Å². The Hall–Kier alpha value is -1.78. The number of hydrogen-bond donors (Lipinski definition) is 2. The number of H-pyrrole nitrogens is 1. The maximum Gasteiger partial charge on any atom is 0.271 e. The maximum atomic E-state index is 12.9. The van der Waals surface area contributed by atoms with E-state index in [0.717, 1.165) is 38.0 Å². The van der Waals surface area contributed by atoms with Crippen LogP contribution in [-0.4, -0.2) is 35.4 Å². The zero-order valence-electron chi connectivity index (χ0n) is 12.7. The summed E-state index contributed by atoms with van der Waals surface area (Å²) < 4.78 is 0. The molecule has 5 heteroatoms. The molecule has 0 radical (unpaired) electrons. The molecule has 2 N–H and O–H groups in total. The summed E-state index contributed by atoms with van der Waals surface area (Å²) in [6.45, 7) is 6.81. The molecule has 0 spiro atoms. The molecule has 5 nitrogen and oxygen atoms in total. The average molecular weight is 289 g/mol. The van der Waals surface area contributed by atoms with Crippen LogP contribution in [0.5, 0.6) is 0 Å². The molecule has 0 aliphatic carbocycles. The largest absolute Gasteiger partial charge is 0.380 e. The van der Waals surface area contributed by atoms with E-state index < -0.39 is 0 Å². The fourth-order valence-corrected chi connectivity index (χ4v) is 3.68. The zero-order chi connectivity index (χ0) is 15.0. The van der Waals surface area contributed by atoms with Gasteiger partial charge in [0.2, 0.25) is 0 Å². The molecular formula is C16H23N3O2. The highest BCUT2D eigenvalue weighted by Crippen LogP contribution is 2.26. The van der Waals surface area contributed by atoms with Gasteiger partial charge in [-0.05, 0) is 36.7 Å². The van der Waals surface area contributed by atoms with Gasteiger partial charge < -0.3 is 15.2 Å². The molecule has 2 aliphatic rings. The van der Waals surface area contributed by atoms with Crippen molar-refractivity contribution in [2.75, 3.05) is 25.0 Å². The van der Waals surface area contributed by atoms with E-state index in [-0.39, 0.29) is 11.5 Å². The Labute approximate surface area is 124 Å². The minimum Gasteiger partial charge on any atom is -0.380 e. The third kappa shape index (κ3) is 2.69. The van der Waals surface area contributed by atoms with Crippen LogP contribution < -0.4 is 10.9 Å². The van der Waals surface area contributed by atoms with Gasteiger partial charge in [-0.1, -0.05) is 13.8 Å². The predicted molar refractivity (Wildman–Crippen MR) is 82.7 cm³/mol. The van der Waals surface area contributed by atoms with Gasteiger partial charge in [0.05, 0.1) is 5.56 Å². The first kappa shape index (κ1) is 14.2. The number of piperidine rings is 1. The van der Waals surface area contributed by atoms with Crippen molar-refractivity contribution in [2.45, 2.75) is 33.1 Å². The minimum absolute atomic E-state index is 0.0598. The number of anilines is 1. The fourth-order valence-electron chi connectivity index (χ4n) is 3.68. The van der Waals surface area contributed by atoms with Crippen LogP contribution in [0.2, 0.25) is 0 Å². The van der Waals surface area contributed by atoms with Crippen molar-refractivity contribution in [2.24, 2.45) is 11.8 Å². The van der Waals surface area contributed by atoms with Crippen LogP contribution in [0, 0.1) is 11.8 Å². The van der Waals surface area contributed by atoms with Crippen molar-refractivity contribution in [3.05, 3.63) is 27.7 Å². The van der Waals surface area contributed by atoms with Gasteiger partial charge in [0, 0.05) is 25.8 Å². The summed E-state index contributed by atoms with van der Waals surface area (Å²) in [6, 6.07) is 0. The van der Waals surface area contributed by atoms with E-state index in [1.807, 2.05) is 4.90 Å². The molecule has 1 aromatic heterocycles. The summed E-state index contributed by atoms with van der Waals surface area (Å²) in [6.07, 6.45) is 4.53. The standard InChI is InChI=1S/C16H23N3O2/c1-10-6-11(2)9-19(8-10)16(21)13-7-18-15(20)14-12(13)4-3-5-17-14/h7,10-11,17H,3-6,8-9H2,1-2H3,(H,18,20). The molecule has 1 aromatic rings. The monoisotopic (exact) mass is 289 g/mol. The zero-order valence-corrected chi connectivity index (χ0v) is 12.7. The second kappa shape index (κ2) is 5.54. The Morgan fingerprint density at radius 3 is 2.71 bits per heavy atom. The Morgan fingerprint density at radius 2 is 2.00 bits per heavy atom. The van der Waals surface area contributed by atoms with Crippen LogP contribution in [0.1, 0.15) is 42.6 Å². The molecule has 1 amide bonds. The number of carbonyl (C=O) groups is 1. The summed E-state index contributed by atoms with van der Waals surface area (Å²) in [4.78, 5) is 29.4. The number of fused-ring (bicyclic) bond motifs is 1. The first-order valence-electron chi connectivity index (χ1n) is 7.84. The number of rotatable bonds is 1. The molecule has 2 aliphatic heterocycles. The highest BCUT2D eigenvalue weighted by atomic mass is 16.2. The highest BCUT2D eigenvalue weighted by molar-refractivity contribution is 5.97. The van der Waals surface area contributed by atoms with Gasteiger partial charge in [-0.3, -0.25) is 9.59 Å². The second-order valence-corrected chi connectivity index (χ2v) is 6.57. The second-order valence-electron chi connectivity index (χ2n) is 6.57. The van der Waals surface area contributed by atoms with E-state index in [0.29, 0.717) is 23.1 Å². The molecule has 3 heterocycles. The molecule has 2 unspecified atom stereocenters. The first-order chi connectivity index (χ1) is 10.1. The van der Waals surface area contributed by atoms with Gasteiger partial charge in [-0.2, -0.15) is 0 Å². The van der Waals surface area contributed by atoms with Crippen molar-refractivity contribution in [1.29, 1.82) is 0 Å². The van der Waals surface area contributed by atoms with Crippen LogP contribution >= 0.6 is 0 Å². The number of aromatic nitrogens is 1. The number of pyridine rings is 1. The first-order valence-corrected chi connectivity index (χ1v) is 7.84. The number of hydrogen-bond acceptors (Lipinski definition) is 3. The fraction of sp³-hybridized carbons (Fsp3) is 0.625. The van der Waals surface area contributed by atoms with Gasteiger partial charge in [0.15, 0.2) is 0 Å². The third-order valence-electron chi connectivity index (χ3n) is 4.49. The van der Waals surface area contributed by atoms with Crippen LogP contribution in [0.4, 0.5) is 5.69 Å². The summed E-state index contributed by atoms with van der Waals surface area (Å²) in [5.74, 6) is 1.13. The molecule has 0 saturated carbocycles. The molecule has 1 saturated heterocycles. The number of amides is 1. The van der Waals surface area contributed by atoms with Crippen molar-refractivity contribution in [3.8, 4) is 0 Å². The topological polar surface area (TPSA) is 65.2 Å². The van der Waals surface area contributed by atoms with Crippen molar-refractivity contribution < 1.29 is 4.79 Å². The van der Waals surface area contributed by atoms with E-state index in [9.17, 15) is 9.59 Å². The molecule has 2 atom stereocenters. The Morgan fingerprint density at radius 1 is 1.29 bits per heavy atom. The van der Waals surface area contributed by atoms with Crippen LogP contribution in [0.25, 0.3) is 0 Å². The quantitative estimate of drug-likeness (QED) is 0.829. The van der Waals surface area contributed by atoms with Crippen LogP contribution in [0.3, 0.4) is 0 Å². The minimum atomic E-state index is -0.123. The van der Waals surface area contributed by atoms with Gasteiger partial charge >= 0.3 is 0 Å². The summed E-state index contributed by atoms with van der Waals surface area (Å²) in [5.41, 5.74) is 2.02. The molecule has 0 bridgehead atoms. The van der Waals surface area contributed by atoms with Gasteiger partial charge in [-0.25, -0.2) is 0 Å². The smallest absolute Gasteiger partial charge is 0.271 e. The number of aromatic amines is 1. The number of likely N-dealkylation sites (tertiary alicyclic amines) is 1. The number of nitrogens with zero attached hydrogens (tertiary/aromatic N) is 1. The lowest BCUT2D eigenvalue weighted by Gasteiger charge is -2.35. The molecule has 114 valence electrons. The molecule has 1 fully saturated rings. The lowest BCUT2D eigenvalue weighted by atomic mass is 9.91. The number of carbonyl (C=O) groups excluding carboxylic acids is 1. The molecule has 0 aromatic carbocycles. The van der Waals surface area contributed by atoms with E-state index in [1.54, 1.807) is 6.20 Å².